The van der Waals surface area contributed by atoms with Crippen LogP contribution in [0.1, 0.15) is 54.3 Å². The highest BCUT2D eigenvalue weighted by Crippen LogP contribution is 2.65. The summed E-state index contributed by atoms with van der Waals surface area (Å²) >= 11 is 0. The van der Waals surface area contributed by atoms with E-state index in [1.54, 1.807) is 0 Å². The Labute approximate surface area is 197 Å². The summed E-state index contributed by atoms with van der Waals surface area (Å²) in [6, 6.07) is 10.9. The van der Waals surface area contributed by atoms with E-state index in [-0.39, 0.29) is 52.0 Å². The Kier molecular flexibility index (Phi) is 6.23. The standard InChI is InChI=1S/C24H30N4O6/c1-23(2)18-12-13-24(23,3)20(26-22(30)15-6-10-17(11-7-15)28(33)34)19(18)25-21(29)14-4-8-16(9-5-14)27(31)32/h4-11,18-20,27-28,31,33H,12-13H2,1-3H3,(H,25,29)(H,26,30)/t18-,19-,20-,24+/m1/s1. The van der Waals surface area contributed by atoms with E-state index in [0.717, 1.165) is 12.8 Å². The Balaban J connectivity index is 1.56. The van der Waals surface area contributed by atoms with Crippen LogP contribution in [0.25, 0.3) is 0 Å². The second-order valence-electron chi connectivity index (χ2n) is 10.00. The molecule has 0 aliphatic heterocycles. The third-order valence-corrected chi connectivity index (χ3v) is 8.23. The lowest BCUT2D eigenvalue weighted by Crippen LogP contribution is -2.99. The topological polar surface area (TPSA) is 154 Å². The summed E-state index contributed by atoms with van der Waals surface area (Å²) < 4.78 is 0. The second kappa shape index (κ2) is 8.73. The van der Waals surface area contributed by atoms with Crippen LogP contribution in [0.4, 0.5) is 11.4 Å². The minimum atomic E-state index is -1.06. The Bertz CT molecular complexity index is 1070. The van der Waals surface area contributed by atoms with Crippen molar-refractivity contribution in [3.05, 3.63) is 70.1 Å². The molecular formula is C24H30N4O6. The molecule has 6 N–H and O–H groups in total. The highest BCUT2D eigenvalue weighted by molar-refractivity contribution is 5.96. The predicted molar refractivity (Wildman–Crippen MR) is 122 cm³/mol. The van der Waals surface area contributed by atoms with E-state index in [1.165, 1.54) is 48.5 Å². The van der Waals surface area contributed by atoms with E-state index < -0.39 is 10.5 Å². The van der Waals surface area contributed by atoms with Gasteiger partial charge < -0.3 is 21.0 Å². The number of amides is 2. The van der Waals surface area contributed by atoms with Gasteiger partial charge in [0.25, 0.3) is 11.8 Å². The lowest BCUT2D eigenvalue weighted by molar-refractivity contribution is -0.991. The van der Waals surface area contributed by atoms with E-state index in [2.05, 4.69) is 31.4 Å². The number of fused-ring (bicyclic) bond motifs is 2. The number of carbonyl (C=O) groups is 2. The molecular weight excluding hydrogens is 440 g/mol. The fourth-order valence-electron chi connectivity index (χ4n) is 5.80. The van der Waals surface area contributed by atoms with Crippen molar-refractivity contribution in [1.82, 2.24) is 10.6 Å². The van der Waals surface area contributed by atoms with Gasteiger partial charge in [0.15, 0.2) is 11.4 Å². The third-order valence-electron chi connectivity index (χ3n) is 8.23. The van der Waals surface area contributed by atoms with Crippen molar-refractivity contribution in [2.45, 2.75) is 45.7 Å². The molecule has 0 spiro atoms. The molecule has 2 bridgehead atoms. The van der Waals surface area contributed by atoms with Gasteiger partial charge in [-0.1, -0.05) is 20.8 Å². The Morgan fingerprint density at radius 3 is 1.74 bits per heavy atom. The van der Waals surface area contributed by atoms with Crippen molar-refractivity contribution in [3.8, 4) is 0 Å². The van der Waals surface area contributed by atoms with Gasteiger partial charge in [0.05, 0.1) is 12.1 Å². The Morgan fingerprint density at radius 2 is 1.29 bits per heavy atom. The fraction of sp³-hybridized carbons (Fsp3) is 0.417. The molecule has 2 aromatic carbocycles. The fourth-order valence-corrected chi connectivity index (χ4v) is 5.80. The minimum absolute atomic E-state index is 0.101. The van der Waals surface area contributed by atoms with E-state index in [4.69, 9.17) is 10.4 Å². The smallest absolute Gasteiger partial charge is 0.251 e. The zero-order valence-corrected chi connectivity index (χ0v) is 19.3. The largest absolute Gasteiger partial charge is 0.595 e. The van der Waals surface area contributed by atoms with Crippen molar-refractivity contribution >= 4 is 23.2 Å². The van der Waals surface area contributed by atoms with E-state index in [9.17, 15) is 20.0 Å². The monoisotopic (exact) mass is 470 g/mol. The van der Waals surface area contributed by atoms with E-state index >= 15 is 0 Å². The first-order chi connectivity index (χ1) is 16.0. The maximum absolute atomic E-state index is 13.1. The molecule has 0 aromatic heterocycles. The molecule has 0 saturated heterocycles. The molecule has 2 fully saturated rings. The number of hydrogen-bond acceptors (Lipinski definition) is 6. The molecule has 34 heavy (non-hydrogen) atoms. The van der Waals surface area contributed by atoms with Gasteiger partial charge in [-0.25, -0.2) is 10.4 Å². The average molecular weight is 471 g/mol. The normalized spacial score (nSPS) is 28.9. The number of rotatable bonds is 6. The van der Waals surface area contributed by atoms with Crippen LogP contribution < -0.4 is 21.1 Å². The number of nitrogens with one attached hydrogen (secondary N) is 4. The summed E-state index contributed by atoms with van der Waals surface area (Å²) in [5.74, 6) is -0.491. The molecule has 2 aromatic rings. The van der Waals surface area contributed by atoms with Gasteiger partial charge in [-0.05, 0) is 53.9 Å². The number of quaternary nitrogens is 2. The van der Waals surface area contributed by atoms with Crippen molar-refractivity contribution in [2.75, 3.05) is 0 Å². The third kappa shape index (κ3) is 3.98. The van der Waals surface area contributed by atoms with Crippen LogP contribution in [0.2, 0.25) is 0 Å². The number of benzene rings is 2. The van der Waals surface area contributed by atoms with Crippen molar-refractivity contribution in [2.24, 2.45) is 16.7 Å². The highest BCUT2D eigenvalue weighted by Gasteiger charge is 2.66. The first-order valence-corrected chi connectivity index (χ1v) is 11.2. The van der Waals surface area contributed by atoms with Gasteiger partial charge in [-0.3, -0.25) is 9.59 Å². The Morgan fingerprint density at radius 1 is 0.853 bits per heavy atom. The number of hydrogen-bond donors (Lipinski definition) is 6. The van der Waals surface area contributed by atoms with Crippen LogP contribution in [0.5, 0.6) is 0 Å². The molecule has 4 rings (SSSR count). The first-order valence-electron chi connectivity index (χ1n) is 11.2. The zero-order chi connectivity index (χ0) is 24.8. The van der Waals surface area contributed by atoms with Crippen LogP contribution >= 0.6 is 0 Å². The van der Waals surface area contributed by atoms with Gasteiger partial charge in [-0.2, -0.15) is 10.5 Å². The van der Waals surface area contributed by atoms with Crippen LogP contribution in [-0.4, -0.2) is 34.3 Å². The van der Waals surface area contributed by atoms with Crippen LogP contribution in [0, 0.1) is 27.2 Å². The molecule has 10 nitrogen and oxygen atoms in total. The number of carbonyl (C=O) groups excluding carboxylic acids is 2. The van der Waals surface area contributed by atoms with Crippen LogP contribution in [0.3, 0.4) is 0 Å². The first kappa shape index (κ1) is 24.3. The molecule has 182 valence electrons. The molecule has 0 heterocycles. The highest BCUT2D eigenvalue weighted by atomic mass is 16.8. The molecule has 2 unspecified atom stereocenters. The lowest BCUT2D eigenvalue weighted by atomic mass is 9.69. The predicted octanol–water partition coefficient (Wildman–Crippen LogP) is 0.847. The molecule has 2 saturated carbocycles. The minimum Gasteiger partial charge on any atom is -0.595 e. The van der Waals surface area contributed by atoms with Gasteiger partial charge in [0.1, 0.15) is 0 Å². The van der Waals surface area contributed by atoms with Crippen LogP contribution in [0.15, 0.2) is 48.5 Å². The molecule has 2 amide bonds. The van der Waals surface area contributed by atoms with Gasteiger partial charge in [0.2, 0.25) is 0 Å². The average Bonchev–Trinajstić information content (AvgIpc) is 3.12. The summed E-state index contributed by atoms with van der Waals surface area (Å²) in [4.78, 5) is 26.1. The quantitative estimate of drug-likeness (QED) is 0.344. The second-order valence-corrected chi connectivity index (χ2v) is 10.00. The maximum atomic E-state index is 13.1. The summed E-state index contributed by atoms with van der Waals surface area (Å²) in [7, 11) is 0. The van der Waals surface area contributed by atoms with E-state index in [0.29, 0.717) is 11.1 Å². The summed E-state index contributed by atoms with van der Waals surface area (Å²) in [5.41, 5.74) is 0.518. The van der Waals surface area contributed by atoms with Crippen molar-refractivity contribution in [3.63, 3.8) is 0 Å². The molecule has 6 atom stereocenters. The zero-order valence-electron chi connectivity index (χ0n) is 19.3. The Hall–Kier alpha value is -2.86. The van der Waals surface area contributed by atoms with Gasteiger partial charge >= 0.3 is 0 Å². The molecule has 0 radical (unpaired) electrons. The summed E-state index contributed by atoms with van der Waals surface area (Å²) in [6.07, 6.45) is 1.83. The summed E-state index contributed by atoms with van der Waals surface area (Å²) in [5, 5.41) is 44.5. The molecule has 2 aliphatic carbocycles. The van der Waals surface area contributed by atoms with Gasteiger partial charge in [-0.15, -0.1) is 0 Å². The SMILES string of the molecule is CC1(C)[C@@H]2CC[C@@]1(C)[C@H](NC(=O)c1ccc([NH+]([O-])O)cc1)[C@@H]2NC(=O)c1ccc([NH+]([O-])O)cc1. The molecule has 10 heteroatoms. The summed E-state index contributed by atoms with van der Waals surface area (Å²) in [6.45, 7) is 6.47. The van der Waals surface area contributed by atoms with Gasteiger partial charge in [0, 0.05) is 35.4 Å². The van der Waals surface area contributed by atoms with Crippen molar-refractivity contribution < 1.29 is 30.5 Å². The maximum Gasteiger partial charge on any atom is 0.251 e. The van der Waals surface area contributed by atoms with Crippen molar-refractivity contribution in [1.29, 1.82) is 0 Å². The lowest BCUT2D eigenvalue weighted by Gasteiger charge is -2.40. The van der Waals surface area contributed by atoms with Crippen LogP contribution in [-0.2, 0) is 0 Å². The molecule has 2 aliphatic rings. The van der Waals surface area contributed by atoms with E-state index in [1.807, 2.05) is 0 Å².